The molecule has 0 aromatic heterocycles. The number of oxime groups is 1. The standard InChI is InChI=1S/C7H16N2O/c1-7(8-10-4)5-6-9(2)3/h5-6H2,1-4H3/b8-7-. The Labute approximate surface area is 62.7 Å². The highest BCUT2D eigenvalue weighted by molar-refractivity contribution is 5.81. The smallest absolute Gasteiger partial charge is 0.106 e. The van der Waals surface area contributed by atoms with Gasteiger partial charge >= 0.3 is 0 Å². The highest BCUT2D eigenvalue weighted by Gasteiger charge is 1.93. The Balaban J connectivity index is 3.39. The molecule has 0 aliphatic heterocycles. The lowest BCUT2D eigenvalue weighted by atomic mass is 10.3. The summed E-state index contributed by atoms with van der Waals surface area (Å²) in [5.74, 6) is 0. The van der Waals surface area contributed by atoms with Crippen LogP contribution in [-0.2, 0) is 4.84 Å². The van der Waals surface area contributed by atoms with Crippen LogP contribution in [0.1, 0.15) is 13.3 Å². The van der Waals surface area contributed by atoms with Gasteiger partial charge in [-0.05, 0) is 21.0 Å². The second-order valence-corrected chi connectivity index (χ2v) is 2.56. The number of rotatable bonds is 4. The van der Waals surface area contributed by atoms with Crippen LogP contribution >= 0.6 is 0 Å². The van der Waals surface area contributed by atoms with Gasteiger partial charge in [0.05, 0.1) is 5.71 Å². The van der Waals surface area contributed by atoms with E-state index >= 15 is 0 Å². The summed E-state index contributed by atoms with van der Waals surface area (Å²) in [6, 6.07) is 0. The zero-order valence-electron chi connectivity index (χ0n) is 7.22. The Bertz CT molecular complexity index is 110. The molecule has 0 atom stereocenters. The first kappa shape index (κ1) is 9.43. The second kappa shape index (κ2) is 5.23. The SMILES string of the molecule is CO/N=C(/C)CCN(C)C. The molecule has 0 radical (unpaired) electrons. The molecule has 3 nitrogen and oxygen atoms in total. The summed E-state index contributed by atoms with van der Waals surface area (Å²) in [5, 5.41) is 3.79. The first-order valence-electron chi connectivity index (χ1n) is 3.38. The molecule has 0 saturated carbocycles. The van der Waals surface area contributed by atoms with Gasteiger partial charge in [0.25, 0.3) is 0 Å². The highest BCUT2D eigenvalue weighted by Crippen LogP contribution is 1.88. The van der Waals surface area contributed by atoms with Gasteiger partial charge in [-0.1, -0.05) is 5.16 Å². The topological polar surface area (TPSA) is 24.8 Å². The largest absolute Gasteiger partial charge is 0.399 e. The lowest BCUT2D eigenvalue weighted by molar-refractivity contribution is 0.212. The van der Waals surface area contributed by atoms with Gasteiger partial charge in [0.1, 0.15) is 7.11 Å². The third kappa shape index (κ3) is 5.56. The molecule has 0 aliphatic carbocycles. The summed E-state index contributed by atoms with van der Waals surface area (Å²) < 4.78 is 0. The van der Waals surface area contributed by atoms with E-state index in [1.54, 1.807) is 7.11 Å². The minimum absolute atomic E-state index is 0.973. The maximum Gasteiger partial charge on any atom is 0.106 e. The zero-order chi connectivity index (χ0) is 7.98. The quantitative estimate of drug-likeness (QED) is 0.433. The van der Waals surface area contributed by atoms with Crippen LogP contribution in [0.4, 0.5) is 0 Å². The van der Waals surface area contributed by atoms with Crippen molar-refractivity contribution < 1.29 is 4.84 Å². The first-order chi connectivity index (χ1) is 4.66. The van der Waals surface area contributed by atoms with E-state index in [4.69, 9.17) is 0 Å². The Morgan fingerprint density at radius 2 is 2.10 bits per heavy atom. The normalized spacial score (nSPS) is 12.3. The van der Waals surface area contributed by atoms with Crippen LogP contribution in [0.15, 0.2) is 5.16 Å². The van der Waals surface area contributed by atoms with Crippen molar-refractivity contribution in [3.05, 3.63) is 0 Å². The van der Waals surface area contributed by atoms with Crippen molar-refractivity contribution in [2.75, 3.05) is 27.7 Å². The Morgan fingerprint density at radius 3 is 2.50 bits per heavy atom. The van der Waals surface area contributed by atoms with Gasteiger partial charge in [0.15, 0.2) is 0 Å². The van der Waals surface area contributed by atoms with Gasteiger partial charge in [0.2, 0.25) is 0 Å². The monoisotopic (exact) mass is 144 g/mol. The summed E-state index contributed by atoms with van der Waals surface area (Å²) in [6.45, 7) is 2.99. The van der Waals surface area contributed by atoms with Gasteiger partial charge in [-0.3, -0.25) is 0 Å². The average molecular weight is 144 g/mol. The van der Waals surface area contributed by atoms with Crippen LogP contribution in [0.5, 0.6) is 0 Å². The molecule has 0 amide bonds. The van der Waals surface area contributed by atoms with Crippen LogP contribution in [0.25, 0.3) is 0 Å². The Hall–Kier alpha value is -0.570. The van der Waals surface area contributed by atoms with Crippen LogP contribution in [0, 0.1) is 0 Å². The molecule has 0 heterocycles. The summed E-state index contributed by atoms with van der Waals surface area (Å²) in [6.07, 6.45) is 0.973. The van der Waals surface area contributed by atoms with Gasteiger partial charge in [0, 0.05) is 13.0 Å². The third-order valence-corrected chi connectivity index (χ3v) is 1.17. The van der Waals surface area contributed by atoms with Crippen LogP contribution in [0.2, 0.25) is 0 Å². The molecule has 0 fully saturated rings. The van der Waals surface area contributed by atoms with Gasteiger partial charge in [-0.25, -0.2) is 0 Å². The van der Waals surface area contributed by atoms with Crippen LogP contribution < -0.4 is 0 Å². The number of hydrogen-bond acceptors (Lipinski definition) is 3. The fourth-order valence-corrected chi connectivity index (χ4v) is 0.587. The molecule has 0 aromatic carbocycles. The van der Waals surface area contributed by atoms with E-state index in [1.165, 1.54) is 0 Å². The van der Waals surface area contributed by atoms with E-state index in [-0.39, 0.29) is 0 Å². The predicted molar refractivity (Wildman–Crippen MR) is 43.3 cm³/mol. The summed E-state index contributed by atoms with van der Waals surface area (Å²) in [7, 11) is 5.65. The van der Waals surface area contributed by atoms with Crippen molar-refractivity contribution in [1.29, 1.82) is 0 Å². The molecule has 0 N–H and O–H groups in total. The molecule has 0 rings (SSSR count). The van der Waals surface area contributed by atoms with E-state index in [0.29, 0.717) is 0 Å². The molecular weight excluding hydrogens is 128 g/mol. The van der Waals surface area contributed by atoms with E-state index < -0.39 is 0 Å². The van der Waals surface area contributed by atoms with E-state index in [0.717, 1.165) is 18.7 Å². The fraction of sp³-hybridized carbons (Fsp3) is 0.857. The molecule has 0 bridgehead atoms. The maximum atomic E-state index is 4.61. The number of nitrogens with zero attached hydrogens (tertiary/aromatic N) is 2. The molecule has 10 heavy (non-hydrogen) atoms. The Morgan fingerprint density at radius 1 is 1.50 bits per heavy atom. The van der Waals surface area contributed by atoms with E-state index in [1.807, 2.05) is 21.0 Å². The van der Waals surface area contributed by atoms with Crippen LogP contribution in [-0.4, -0.2) is 38.4 Å². The molecule has 0 aromatic rings. The zero-order valence-corrected chi connectivity index (χ0v) is 7.22. The lowest BCUT2D eigenvalue weighted by Gasteiger charge is -2.07. The van der Waals surface area contributed by atoms with Crippen molar-refractivity contribution in [3.8, 4) is 0 Å². The van der Waals surface area contributed by atoms with E-state index in [9.17, 15) is 0 Å². The molecule has 0 aliphatic rings. The molecular formula is C7H16N2O. The van der Waals surface area contributed by atoms with Gasteiger partial charge < -0.3 is 9.74 Å². The van der Waals surface area contributed by atoms with Crippen molar-refractivity contribution >= 4 is 5.71 Å². The minimum Gasteiger partial charge on any atom is -0.399 e. The molecule has 0 unspecified atom stereocenters. The second-order valence-electron chi connectivity index (χ2n) is 2.56. The molecule has 3 heteroatoms. The maximum absolute atomic E-state index is 4.61. The molecule has 60 valence electrons. The lowest BCUT2D eigenvalue weighted by Crippen LogP contribution is -2.15. The minimum atomic E-state index is 0.973. The fourth-order valence-electron chi connectivity index (χ4n) is 0.587. The van der Waals surface area contributed by atoms with Crippen molar-refractivity contribution in [1.82, 2.24) is 4.90 Å². The summed E-state index contributed by atoms with van der Waals surface area (Å²) >= 11 is 0. The van der Waals surface area contributed by atoms with E-state index in [2.05, 4.69) is 14.9 Å². The third-order valence-electron chi connectivity index (χ3n) is 1.17. The molecule has 0 spiro atoms. The van der Waals surface area contributed by atoms with Crippen molar-refractivity contribution in [2.24, 2.45) is 5.16 Å². The summed E-state index contributed by atoms with van der Waals surface area (Å²) in [4.78, 5) is 6.73. The van der Waals surface area contributed by atoms with Crippen molar-refractivity contribution in [3.63, 3.8) is 0 Å². The van der Waals surface area contributed by atoms with Gasteiger partial charge in [-0.2, -0.15) is 0 Å². The average Bonchev–Trinajstić information content (AvgIpc) is 1.85. The number of hydrogen-bond donors (Lipinski definition) is 0. The van der Waals surface area contributed by atoms with Gasteiger partial charge in [-0.15, -0.1) is 0 Å². The van der Waals surface area contributed by atoms with Crippen LogP contribution in [0.3, 0.4) is 0 Å². The first-order valence-corrected chi connectivity index (χ1v) is 3.38. The molecule has 0 saturated heterocycles. The van der Waals surface area contributed by atoms with Crippen molar-refractivity contribution in [2.45, 2.75) is 13.3 Å². The Kier molecular flexibility index (Phi) is 4.94. The predicted octanol–water partition coefficient (Wildman–Crippen LogP) is 0.960. The summed E-state index contributed by atoms with van der Waals surface area (Å²) in [5.41, 5.74) is 1.04. The highest BCUT2D eigenvalue weighted by atomic mass is 16.6.